The number of nitrogens with zero attached hydrogens (tertiary/aromatic N) is 4. The van der Waals surface area contributed by atoms with Gasteiger partial charge in [-0.15, -0.1) is 16.8 Å². The predicted octanol–water partition coefficient (Wildman–Crippen LogP) is 4.37. The van der Waals surface area contributed by atoms with Crippen molar-refractivity contribution < 1.29 is 9.53 Å². The number of aromatic nitrogens is 3. The van der Waals surface area contributed by atoms with Crippen molar-refractivity contribution in [1.82, 2.24) is 20.2 Å². The average molecular weight is 485 g/mol. The van der Waals surface area contributed by atoms with Crippen molar-refractivity contribution in [3.63, 3.8) is 0 Å². The predicted molar refractivity (Wildman–Crippen MR) is 133 cm³/mol. The highest BCUT2D eigenvalue weighted by Gasteiger charge is 2.19. The number of hydrazone groups is 1. The fourth-order valence-corrected chi connectivity index (χ4v) is 3.79. The van der Waals surface area contributed by atoms with Gasteiger partial charge in [-0.25, -0.2) is 5.43 Å². The third kappa shape index (κ3) is 7.10. The van der Waals surface area contributed by atoms with E-state index in [1.54, 1.807) is 26.3 Å². The van der Waals surface area contributed by atoms with Crippen molar-refractivity contribution >= 4 is 41.2 Å². The molecule has 0 spiro atoms. The van der Waals surface area contributed by atoms with E-state index in [2.05, 4.69) is 32.6 Å². The lowest BCUT2D eigenvalue weighted by Crippen LogP contribution is -2.27. The fourth-order valence-electron chi connectivity index (χ4n) is 2.79. The summed E-state index contributed by atoms with van der Waals surface area (Å²) in [6, 6.07) is 14.8. The SMILES string of the molecule is C=CCn1c(CNc2ccc(Cl)cc2)nnc1S[C@@H](C)C(=O)N/N=C\c1cccc(OC)c1. The number of ether oxygens (including phenoxy) is 1. The van der Waals surface area contributed by atoms with Gasteiger partial charge in [-0.3, -0.25) is 4.79 Å². The lowest BCUT2D eigenvalue weighted by molar-refractivity contribution is -0.120. The molecule has 10 heteroatoms. The number of rotatable bonds is 11. The zero-order valence-corrected chi connectivity index (χ0v) is 19.9. The summed E-state index contributed by atoms with van der Waals surface area (Å²) < 4.78 is 7.10. The first-order valence-electron chi connectivity index (χ1n) is 10.2. The van der Waals surface area contributed by atoms with Gasteiger partial charge in [0.2, 0.25) is 0 Å². The Morgan fingerprint density at radius 3 is 2.82 bits per heavy atom. The third-order valence-electron chi connectivity index (χ3n) is 4.53. The van der Waals surface area contributed by atoms with Crippen molar-refractivity contribution in [2.75, 3.05) is 12.4 Å². The standard InChI is InChI=1S/C23H25ClN6O2S/c1-4-12-30-21(15-25-19-10-8-18(24)9-11-19)27-29-23(30)33-16(2)22(31)28-26-14-17-6-5-7-20(13-17)32-3/h4-11,13-14,16,25H,1,12,15H2,2-3H3,(H,28,31)/b26-14-/t16-/m0/s1. The molecule has 33 heavy (non-hydrogen) atoms. The smallest absolute Gasteiger partial charge is 0.253 e. The van der Waals surface area contributed by atoms with Crippen LogP contribution in [0, 0.1) is 0 Å². The Kier molecular flexibility index (Phi) is 8.91. The average Bonchev–Trinajstić information content (AvgIpc) is 3.20. The van der Waals surface area contributed by atoms with E-state index in [-0.39, 0.29) is 5.91 Å². The van der Waals surface area contributed by atoms with Crippen molar-refractivity contribution in [2.45, 2.75) is 30.4 Å². The summed E-state index contributed by atoms with van der Waals surface area (Å²) in [5, 5.41) is 16.8. The minimum absolute atomic E-state index is 0.242. The molecule has 0 aliphatic heterocycles. The van der Waals surface area contributed by atoms with Crippen LogP contribution in [-0.4, -0.2) is 39.2 Å². The third-order valence-corrected chi connectivity index (χ3v) is 5.87. The molecular formula is C23H25ClN6O2S. The Bertz CT molecular complexity index is 1120. The van der Waals surface area contributed by atoms with Gasteiger partial charge >= 0.3 is 0 Å². The van der Waals surface area contributed by atoms with Crippen LogP contribution in [0.2, 0.25) is 5.02 Å². The molecule has 3 aromatic rings. The van der Waals surface area contributed by atoms with E-state index in [9.17, 15) is 4.79 Å². The first kappa shape index (κ1) is 24.3. The van der Waals surface area contributed by atoms with Crippen LogP contribution in [0.5, 0.6) is 5.75 Å². The number of allylic oxidation sites excluding steroid dienone is 1. The zero-order valence-electron chi connectivity index (χ0n) is 18.4. The van der Waals surface area contributed by atoms with Crippen molar-refractivity contribution in [3.8, 4) is 5.75 Å². The fraction of sp³-hybridized carbons (Fsp3) is 0.217. The van der Waals surface area contributed by atoms with Gasteiger partial charge in [0.15, 0.2) is 11.0 Å². The highest BCUT2D eigenvalue weighted by Crippen LogP contribution is 2.23. The van der Waals surface area contributed by atoms with Crippen LogP contribution >= 0.6 is 23.4 Å². The summed E-state index contributed by atoms with van der Waals surface area (Å²) in [5.74, 6) is 1.21. The molecule has 0 saturated heterocycles. The highest BCUT2D eigenvalue weighted by molar-refractivity contribution is 8.00. The van der Waals surface area contributed by atoms with Gasteiger partial charge in [-0.05, 0) is 48.9 Å². The molecule has 3 rings (SSSR count). The normalized spacial score (nSPS) is 11.8. The molecule has 8 nitrogen and oxygen atoms in total. The molecule has 0 radical (unpaired) electrons. The minimum atomic E-state index is -0.433. The zero-order chi connectivity index (χ0) is 23.6. The molecule has 0 bridgehead atoms. The summed E-state index contributed by atoms with van der Waals surface area (Å²) in [6.45, 7) is 6.59. The first-order chi connectivity index (χ1) is 16.0. The van der Waals surface area contributed by atoms with Crippen LogP contribution in [0.4, 0.5) is 5.69 Å². The number of hydrogen-bond donors (Lipinski definition) is 2. The molecule has 0 aliphatic carbocycles. The van der Waals surface area contributed by atoms with Gasteiger partial charge in [-0.2, -0.15) is 5.10 Å². The maximum Gasteiger partial charge on any atom is 0.253 e. The number of benzene rings is 2. The van der Waals surface area contributed by atoms with Gasteiger partial charge in [0, 0.05) is 17.3 Å². The molecular weight excluding hydrogens is 460 g/mol. The summed E-state index contributed by atoms with van der Waals surface area (Å²) in [4.78, 5) is 12.5. The monoisotopic (exact) mass is 484 g/mol. The summed E-state index contributed by atoms with van der Waals surface area (Å²) in [6.07, 6.45) is 3.33. The van der Waals surface area contributed by atoms with E-state index in [1.807, 2.05) is 53.1 Å². The summed E-state index contributed by atoms with van der Waals surface area (Å²) in [5.41, 5.74) is 4.30. The van der Waals surface area contributed by atoms with Crippen LogP contribution < -0.4 is 15.5 Å². The second-order valence-corrected chi connectivity index (χ2v) is 8.67. The van der Waals surface area contributed by atoms with E-state index in [1.165, 1.54) is 11.8 Å². The molecule has 2 aromatic carbocycles. The number of carbonyl (C=O) groups excluding carboxylic acids is 1. The number of hydrogen-bond acceptors (Lipinski definition) is 7. The van der Waals surface area contributed by atoms with E-state index < -0.39 is 5.25 Å². The number of halogens is 1. The molecule has 1 aromatic heterocycles. The number of amides is 1. The molecule has 1 amide bonds. The van der Waals surface area contributed by atoms with Crippen molar-refractivity contribution in [2.24, 2.45) is 5.10 Å². The van der Waals surface area contributed by atoms with Gasteiger partial charge in [-0.1, -0.05) is 41.6 Å². The Morgan fingerprint density at radius 2 is 2.09 bits per heavy atom. The number of anilines is 1. The second-order valence-electron chi connectivity index (χ2n) is 6.93. The van der Waals surface area contributed by atoms with Crippen LogP contribution in [0.1, 0.15) is 18.3 Å². The number of nitrogens with one attached hydrogen (secondary N) is 2. The maximum absolute atomic E-state index is 12.5. The molecule has 1 atom stereocenters. The summed E-state index contributed by atoms with van der Waals surface area (Å²) in [7, 11) is 1.60. The van der Waals surface area contributed by atoms with Crippen molar-refractivity contribution in [3.05, 3.63) is 77.6 Å². The Hall–Kier alpha value is -3.30. The van der Waals surface area contributed by atoms with Crippen LogP contribution in [0.3, 0.4) is 0 Å². The molecule has 0 fully saturated rings. The molecule has 0 unspecified atom stereocenters. The lowest BCUT2D eigenvalue weighted by atomic mass is 10.2. The topological polar surface area (TPSA) is 93.4 Å². The first-order valence-corrected chi connectivity index (χ1v) is 11.4. The summed E-state index contributed by atoms with van der Waals surface area (Å²) >= 11 is 7.24. The Balaban J connectivity index is 1.60. The number of methoxy groups -OCH3 is 1. The van der Waals surface area contributed by atoms with Gasteiger partial charge in [0.1, 0.15) is 5.75 Å². The quantitative estimate of drug-likeness (QED) is 0.182. The molecule has 172 valence electrons. The van der Waals surface area contributed by atoms with E-state index >= 15 is 0 Å². The van der Waals surface area contributed by atoms with E-state index in [4.69, 9.17) is 16.3 Å². The van der Waals surface area contributed by atoms with E-state index in [0.29, 0.717) is 23.3 Å². The minimum Gasteiger partial charge on any atom is -0.497 e. The maximum atomic E-state index is 12.5. The van der Waals surface area contributed by atoms with E-state index in [0.717, 1.165) is 22.8 Å². The molecule has 0 saturated carbocycles. The number of carbonyl (C=O) groups is 1. The van der Waals surface area contributed by atoms with Gasteiger partial charge < -0.3 is 14.6 Å². The molecule has 2 N–H and O–H groups in total. The Morgan fingerprint density at radius 1 is 1.30 bits per heavy atom. The van der Waals surface area contributed by atoms with Crippen LogP contribution in [-0.2, 0) is 17.9 Å². The van der Waals surface area contributed by atoms with Gasteiger partial charge in [0.25, 0.3) is 5.91 Å². The Labute approximate surface area is 202 Å². The number of thioether (sulfide) groups is 1. The molecule has 1 heterocycles. The van der Waals surface area contributed by atoms with Crippen LogP contribution in [0.15, 0.2) is 71.4 Å². The lowest BCUT2D eigenvalue weighted by Gasteiger charge is -2.12. The second kappa shape index (κ2) is 12.1. The molecule has 0 aliphatic rings. The van der Waals surface area contributed by atoms with Gasteiger partial charge in [0.05, 0.1) is 25.1 Å². The largest absolute Gasteiger partial charge is 0.497 e. The van der Waals surface area contributed by atoms with Crippen molar-refractivity contribution in [1.29, 1.82) is 0 Å². The van der Waals surface area contributed by atoms with Crippen LogP contribution in [0.25, 0.3) is 0 Å². The highest BCUT2D eigenvalue weighted by atomic mass is 35.5.